The number of hydrogen-bond donors (Lipinski definition) is 2. The van der Waals surface area contributed by atoms with Crippen LogP contribution in [-0.4, -0.2) is 28.4 Å². The molecular weight excluding hydrogens is 202 g/mol. The molecule has 3 N–H and O–H groups in total. The van der Waals surface area contributed by atoms with E-state index in [0.717, 1.165) is 0 Å². The molecule has 0 fully saturated rings. The van der Waals surface area contributed by atoms with Gasteiger partial charge in [0.25, 0.3) is 0 Å². The summed E-state index contributed by atoms with van der Waals surface area (Å²) < 4.78 is 48.9. The Bertz CT molecular complexity index is 272. The molecule has 7 heteroatoms. The van der Waals surface area contributed by atoms with Crippen molar-refractivity contribution in [3.8, 4) is 0 Å². The molecule has 0 amide bonds. The monoisotopic (exact) mass is 211 g/mol. The van der Waals surface area contributed by atoms with Crippen molar-refractivity contribution in [1.82, 2.24) is 9.97 Å². The summed E-state index contributed by atoms with van der Waals surface area (Å²) in [4.78, 5) is 6.12. The van der Waals surface area contributed by atoms with Gasteiger partial charge in [0.2, 0.25) is 0 Å². The minimum atomic E-state index is -4.19. The van der Waals surface area contributed by atoms with Crippen molar-refractivity contribution in [2.24, 2.45) is 5.73 Å². The number of aromatic amines is 1. The van der Waals surface area contributed by atoms with Crippen LogP contribution in [0.15, 0.2) is 12.4 Å². The Morgan fingerprint density at radius 1 is 1.50 bits per heavy atom. The smallest absolute Gasteiger partial charge is 0.322 e. The normalized spacial score (nSPS) is 14.7. The average molecular weight is 211 g/mol. The fourth-order valence-electron chi connectivity index (χ4n) is 0.916. The molecule has 0 saturated carbocycles. The van der Waals surface area contributed by atoms with E-state index in [9.17, 15) is 17.6 Å². The van der Waals surface area contributed by atoms with Gasteiger partial charge in [-0.05, 0) is 0 Å². The first-order chi connectivity index (χ1) is 6.44. The minimum Gasteiger partial charge on any atom is -0.349 e. The van der Waals surface area contributed by atoms with Crippen LogP contribution < -0.4 is 5.73 Å². The van der Waals surface area contributed by atoms with Crippen LogP contribution in [0.5, 0.6) is 0 Å². The van der Waals surface area contributed by atoms with Crippen molar-refractivity contribution in [3.05, 3.63) is 18.2 Å². The van der Waals surface area contributed by atoms with Crippen LogP contribution in [0.3, 0.4) is 0 Å². The molecule has 0 bridgehead atoms. The van der Waals surface area contributed by atoms with Crippen LogP contribution in [0.25, 0.3) is 0 Å². The SMILES string of the molecule is NC(Cc1ncc[nH]1)C(F)(F)C(F)F. The van der Waals surface area contributed by atoms with Gasteiger partial charge in [0.05, 0.1) is 6.04 Å². The van der Waals surface area contributed by atoms with Crippen LogP contribution in [0.4, 0.5) is 17.6 Å². The van der Waals surface area contributed by atoms with Gasteiger partial charge in [-0.1, -0.05) is 0 Å². The van der Waals surface area contributed by atoms with Crippen LogP contribution >= 0.6 is 0 Å². The fourth-order valence-corrected chi connectivity index (χ4v) is 0.916. The van der Waals surface area contributed by atoms with Gasteiger partial charge in [0, 0.05) is 18.8 Å². The van der Waals surface area contributed by atoms with Crippen molar-refractivity contribution in [1.29, 1.82) is 0 Å². The van der Waals surface area contributed by atoms with E-state index in [-0.39, 0.29) is 5.82 Å². The first-order valence-corrected chi connectivity index (χ1v) is 3.84. The van der Waals surface area contributed by atoms with Gasteiger partial charge in [-0.15, -0.1) is 0 Å². The second-order valence-electron chi connectivity index (χ2n) is 2.82. The number of alkyl halides is 4. The molecule has 0 aromatic carbocycles. The number of nitrogens with one attached hydrogen (secondary N) is 1. The van der Waals surface area contributed by atoms with Crippen molar-refractivity contribution in [3.63, 3.8) is 0 Å². The molecule has 3 nitrogen and oxygen atoms in total. The lowest BCUT2D eigenvalue weighted by Crippen LogP contribution is -2.47. The number of aromatic nitrogens is 2. The number of H-pyrrole nitrogens is 1. The van der Waals surface area contributed by atoms with E-state index in [2.05, 4.69) is 9.97 Å². The highest BCUT2D eigenvalue weighted by Gasteiger charge is 2.46. The average Bonchev–Trinajstić information content (AvgIpc) is 2.56. The van der Waals surface area contributed by atoms with Crippen molar-refractivity contribution in [2.45, 2.75) is 24.8 Å². The third-order valence-electron chi connectivity index (χ3n) is 1.75. The molecule has 1 aromatic heterocycles. The summed E-state index contributed by atoms with van der Waals surface area (Å²) in [6.07, 6.45) is -1.43. The molecule has 0 spiro atoms. The summed E-state index contributed by atoms with van der Waals surface area (Å²) in [5, 5.41) is 0. The molecule has 1 atom stereocenters. The zero-order valence-corrected chi connectivity index (χ0v) is 7.05. The molecule has 1 heterocycles. The number of imidazole rings is 1. The first kappa shape index (κ1) is 11.0. The Morgan fingerprint density at radius 3 is 2.57 bits per heavy atom. The number of nitrogens with two attached hydrogens (primary N) is 1. The lowest BCUT2D eigenvalue weighted by atomic mass is 10.1. The van der Waals surface area contributed by atoms with Crippen molar-refractivity contribution in [2.75, 3.05) is 0 Å². The molecule has 0 aliphatic heterocycles. The maximum absolute atomic E-state index is 12.6. The molecular formula is C7H9F4N3. The zero-order valence-electron chi connectivity index (χ0n) is 7.05. The molecule has 0 radical (unpaired) electrons. The summed E-state index contributed by atoms with van der Waals surface area (Å²) in [6.45, 7) is 0. The largest absolute Gasteiger partial charge is 0.349 e. The Hall–Kier alpha value is -1.11. The predicted octanol–water partition coefficient (Wildman–Crippen LogP) is 1.18. The highest BCUT2D eigenvalue weighted by Crippen LogP contribution is 2.26. The van der Waals surface area contributed by atoms with Gasteiger partial charge in [0.1, 0.15) is 5.82 Å². The number of nitrogens with zero attached hydrogens (tertiary/aromatic N) is 1. The fraction of sp³-hybridized carbons (Fsp3) is 0.571. The third kappa shape index (κ3) is 2.22. The van der Waals surface area contributed by atoms with E-state index in [1.165, 1.54) is 12.4 Å². The third-order valence-corrected chi connectivity index (χ3v) is 1.75. The Labute approximate surface area is 77.3 Å². The standard InChI is InChI=1S/C7H9F4N3/c8-6(9)7(10,11)4(12)3-5-13-1-2-14-5/h1-2,4,6H,3,12H2,(H,13,14). The van der Waals surface area contributed by atoms with Crippen molar-refractivity contribution >= 4 is 0 Å². The lowest BCUT2D eigenvalue weighted by molar-refractivity contribution is -0.143. The molecule has 1 rings (SSSR count). The molecule has 0 saturated heterocycles. The maximum atomic E-state index is 12.6. The Kier molecular flexibility index (Phi) is 3.10. The van der Waals surface area contributed by atoms with E-state index < -0.39 is 24.8 Å². The molecule has 1 aromatic rings. The summed E-state index contributed by atoms with van der Waals surface area (Å²) in [5.41, 5.74) is 4.95. The minimum absolute atomic E-state index is 0.165. The van der Waals surface area contributed by atoms with E-state index in [0.29, 0.717) is 0 Å². The summed E-state index contributed by atoms with van der Waals surface area (Å²) >= 11 is 0. The van der Waals surface area contributed by atoms with E-state index in [4.69, 9.17) is 5.73 Å². The quantitative estimate of drug-likeness (QED) is 0.735. The molecule has 80 valence electrons. The van der Waals surface area contributed by atoms with Gasteiger partial charge in [0.15, 0.2) is 0 Å². The highest BCUT2D eigenvalue weighted by atomic mass is 19.3. The van der Waals surface area contributed by atoms with Crippen LogP contribution in [0.2, 0.25) is 0 Å². The Balaban J connectivity index is 2.62. The van der Waals surface area contributed by atoms with E-state index in [1.807, 2.05) is 0 Å². The number of halogens is 4. The number of hydrogen-bond acceptors (Lipinski definition) is 2. The van der Waals surface area contributed by atoms with Crippen LogP contribution in [0.1, 0.15) is 5.82 Å². The molecule has 0 aliphatic rings. The van der Waals surface area contributed by atoms with Gasteiger partial charge in [-0.25, -0.2) is 13.8 Å². The van der Waals surface area contributed by atoms with Gasteiger partial charge in [-0.3, -0.25) is 0 Å². The summed E-state index contributed by atoms with van der Waals surface area (Å²) in [6, 6.07) is -1.94. The molecule has 14 heavy (non-hydrogen) atoms. The number of rotatable bonds is 4. The first-order valence-electron chi connectivity index (χ1n) is 3.84. The Morgan fingerprint density at radius 2 is 2.14 bits per heavy atom. The highest BCUT2D eigenvalue weighted by molar-refractivity contribution is 4.95. The van der Waals surface area contributed by atoms with E-state index >= 15 is 0 Å². The predicted molar refractivity (Wildman–Crippen MR) is 41.2 cm³/mol. The topological polar surface area (TPSA) is 54.7 Å². The van der Waals surface area contributed by atoms with Gasteiger partial charge < -0.3 is 10.7 Å². The second-order valence-corrected chi connectivity index (χ2v) is 2.82. The second kappa shape index (κ2) is 3.95. The van der Waals surface area contributed by atoms with Gasteiger partial charge >= 0.3 is 12.3 Å². The van der Waals surface area contributed by atoms with Crippen LogP contribution in [-0.2, 0) is 6.42 Å². The van der Waals surface area contributed by atoms with Gasteiger partial charge in [-0.2, -0.15) is 8.78 Å². The maximum Gasteiger partial charge on any atom is 0.322 e. The zero-order chi connectivity index (χ0) is 10.8. The van der Waals surface area contributed by atoms with Crippen molar-refractivity contribution < 1.29 is 17.6 Å². The van der Waals surface area contributed by atoms with Crippen LogP contribution in [0, 0.1) is 0 Å². The summed E-state index contributed by atoms with van der Waals surface area (Å²) in [5.74, 6) is -4.02. The van der Waals surface area contributed by atoms with E-state index in [1.54, 1.807) is 0 Å². The summed E-state index contributed by atoms with van der Waals surface area (Å²) in [7, 11) is 0. The lowest BCUT2D eigenvalue weighted by Gasteiger charge is -2.21. The molecule has 1 unspecified atom stereocenters. The molecule has 0 aliphatic carbocycles.